The molecule has 13 heavy (non-hydrogen) atoms. The lowest BCUT2D eigenvalue weighted by molar-refractivity contribution is -0.567. The van der Waals surface area contributed by atoms with Crippen molar-refractivity contribution in [1.29, 1.82) is 0 Å². The van der Waals surface area contributed by atoms with Gasteiger partial charge in [-0.3, -0.25) is 0 Å². The summed E-state index contributed by atoms with van der Waals surface area (Å²) in [6, 6.07) is 0. The topological polar surface area (TPSA) is 27.7 Å². The molecule has 0 aromatic heterocycles. The number of alkyl halides is 6. The smallest absolute Gasteiger partial charge is 0.232 e. The summed E-state index contributed by atoms with van der Waals surface area (Å²) in [5.41, 5.74) is 0. The molecule has 0 aromatic rings. The molecule has 0 aliphatic rings. The van der Waals surface area contributed by atoms with Crippen molar-refractivity contribution in [3.63, 3.8) is 0 Å². The fourth-order valence-electron chi connectivity index (χ4n) is 0.282. The molecule has 0 aliphatic carbocycles. The zero-order valence-corrected chi connectivity index (χ0v) is 5.45. The summed E-state index contributed by atoms with van der Waals surface area (Å²) >= 11 is 0. The second kappa shape index (κ2) is 4.07. The van der Waals surface area contributed by atoms with Gasteiger partial charge in [0, 0.05) is 0 Å². The molecule has 0 unspecified atom stereocenters. The van der Waals surface area contributed by atoms with Gasteiger partial charge in [-0.1, -0.05) is 4.94 Å². The molecule has 0 heterocycles. The number of hydrogen-bond acceptors (Lipinski definition) is 3. The Hall–Kier alpha value is -0.610. The van der Waals surface area contributed by atoms with Gasteiger partial charge in [0.15, 0.2) is 0 Å². The molecule has 0 saturated heterocycles. The van der Waals surface area contributed by atoms with Crippen LogP contribution in [0, 0.1) is 0 Å². The lowest BCUT2D eigenvalue weighted by Crippen LogP contribution is -2.36. The van der Waals surface area contributed by atoms with Crippen molar-refractivity contribution in [2.45, 2.75) is 19.2 Å². The summed E-state index contributed by atoms with van der Waals surface area (Å²) in [6.45, 7) is -4.06. The van der Waals surface area contributed by atoms with Crippen LogP contribution < -0.4 is 0 Å². The Labute approximate surface area is 65.9 Å². The lowest BCUT2D eigenvalue weighted by atomic mass is 11.1. The fourth-order valence-corrected chi connectivity index (χ4v) is 0.282. The third-order valence-electron chi connectivity index (χ3n) is 0.554. The molecule has 0 aromatic carbocycles. The highest BCUT2D eigenvalue weighted by atomic mass is 19.4. The van der Waals surface area contributed by atoms with E-state index in [9.17, 15) is 30.9 Å². The van der Waals surface area contributed by atoms with Crippen molar-refractivity contribution in [3.05, 3.63) is 0 Å². The molecule has 0 bridgehead atoms. The van der Waals surface area contributed by atoms with Gasteiger partial charge in [0.1, 0.15) is 0 Å². The van der Waals surface area contributed by atoms with E-state index in [1.54, 1.807) is 4.94 Å². The first-order valence-corrected chi connectivity index (χ1v) is 2.40. The van der Waals surface area contributed by atoms with Crippen molar-refractivity contribution < 1.29 is 45.3 Å². The predicted octanol–water partition coefficient (Wildman–Crippen LogP) is 2.24. The molecule has 0 amide bonds. The number of halogens is 7. The van der Waals surface area contributed by atoms with Crippen molar-refractivity contribution in [2.24, 2.45) is 0 Å². The van der Waals surface area contributed by atoms with Crippen LogP contribution in [0.25, 0.3) is 0 Å². The molecule has 0 saturated carbocycles. The minimum Gasteiger partial charge on any atom is -0.232 e. The maximum Gasteiger partial charge on any atom is 0.522 e. The van der Waals surface area contributed by atoms with Crippen LogP contribution >= 0.6 is 0 Å². The van der Waals surface area contributed by atoms with Gasteiger partial charge in [-0.05, 0) is 4.53 Å². The second-order valence-corrected chi connectivity index (χ2v) is 1.48. The van der Waals surface area contributed by atoms with Gasteiger partial charge in [0.05, 0.1) is 0 Å². The summed E-state index contributed by atoms with van der Waals surface area (Å²) in [5, 5.41) is 0. The van der Waals surface area contributed by atoms with E-state index < -0.39 is 19.2 Å². The summed E-state index contributed by atoms with van der Waals surface area (Å²) in [7, 11) is 0. The zero-order valence-electron chi connectivity index (χ0n) is 5.45. The second-order valence-electron chi connectivity index (χ2n) is 1.48. The van der Waals surface area contributed by atoms with E-state index in [-0.39, 0.29) is 0 Å². The van der Waals surface area contributed by atoms with Crippen molar-refractivity contribution >= 4 is 0 Å². The molecule has 0 spiro atoms. The first-order chi connectivity index (χ1) is 5.68. The normalized spacial score (nSPS) is 13.8. The van der Waals surface area contributed by atoms with Crippen LogP contribution in [0.1, 0.15) is 0 Å². The third-order valence-corrected chi connectivity index (χ3v) is 0.554. The highest BCUT2D eigenvalue weighted by Gasteiger charge is 2.50. The van der Waals surface area contributed by atoms with Gasteiger partial charge in [0.25, 0.3) is 0 Å². The van der Waals surface area contributed by atoms with E-state index in [4.69, 9.17) is 0 Å². The van der Waals surface area contributed by atoms with Crippen LogP contribution in [0.5, 0.6) is 0 Å². The van der Waals surface area contributed by atoms with Crippen LogP contribution in [-0.4, -0.2) is 19.2 Å². The quantitative estimate of drug-likeness (QED) is 0.523. The number of hydrogen-bond donors (Lipinski definition) is 0. The highest BCUT2D eigenvalue weighted by Crippen LogP contribution is 2.30. The van der Waals surface area contributed by atoms with Crippen LogP contribution in [0.3, 0.4) is 0 Å². The summed E-state index contributed by atoms with van der Waals surface area (Å²) in [5.74, 6) is 0. The van der Waals surface area contributed by atoms with Gasteiger partial charge < -0.3 is 0 Å². The van der Waals surface area contributed by atoms with E-state index in [0.29, 0.717) is 0 Å². The Morgan fingerprint density at radius 1 is 0.923 bits per heavy atom. The van der Waals surface area contributed by atoms with Gasteiger partial charge >= 0.3 is 19.2 Å². The standard InChI is InChI=1S/C3HF7O3/c4-1(5)11-2(6,7)12-3(8,9)13-10/h1H. The molecular formula is C3HF7O3. The molecule has 0 atom stereocenters. The van der Waals surface area contributed by atoms with Crippen LogP contribution in [0.15, 0.2) is 0 Å². The molecule has 0 fully saturated rings. The molecule has 3 nitrogen and oxygen atoms in total. The lowest BCUT2D eigenvalue weighted by Gasteiger charge is -2.18. The van der Waals surface area contributed by atoms with Crippen molar-refractivity contribution in [2.75, 3.05) is 0 Å². The van der Waals surface area contributed by atoms with E-state index in [2.05, 4.69) is 9.47 Å². The first-order valence-electron chi connectivity index (χ1n) is 2.40. The maximum atomic E-state index is 11.7. The van der Waals surface area contributed by atoms with Crippen molar-refractivity contribution in [1.82, 2.24) is 0 Å². The van der Waals surface area contributed by atoms with Gasteiger partial charge in [-0.2, -0.15) is 8.78 Å². The molecule has 0 rings (SSSR count). The van der Waals surface area contributed by atoms with Crippen molar-refractivity contribution in [3.8, 4) is 0 Å². The minimum atomic E-state index is -5.36. The average molecular weight is 218 g/mol. The average Bonchev–Trinajstić information content (AvgIpc) is 1.81. The predicted molar refractivity (Wildman–Crippen MR) is 20.3 cm³/mol. The highest BCUT2D eigenvalue weighted by molar-refractivity contribution is 4.36. The van der Waals surface area contributed by atoms with Crippen LogP contribution in [-0.2, 0) is 14.4 Å². The Balaban J connectivity index is 4.16. The Kier molecular flexibility index (Phi) is 3.88. The Morgan fingerprint density at radius 3 is 1.69 bits per heavy atom. The minimum absolute atomic E-state index is 1.59. The zero-order chi connectivity index (χ0) is 10.7. The molecule has 0 N–H and O–H groups in total. The van der Waals surface area contributed by atoms with Gasteiger partial charge in [0.2, 0.25) is 0 Å². The SMILES string of the molecule is FOC(F)(F)OC(F)(F)OC(F)F. The van der Waals surface area contributed by atoms with E-state index in [0.717, 1.165) is 0 Å². The largest absolute Gasteiger partial charge is 0.522 e. The Morgan fingerprint density at radius 2 is 1.38 bits per heavy atom. The van der Waals surface area contributed by atoms with E-state index in [1.807, 2.05) is 0 Å². The summed E-state index contributed by atoms with van der Waals surface area (Å²) in [4.78, 5) is 1.59. The summed E-state index contributed by atoms with van der Waals surface area (Å²) in [6.07, 6.45) is -10.7. The Bertz CT molecular complexity index is 159. The van der Waals surface area contributed by atoms with Gasteiger partial charge in [-0.25, -0.2) is 9.47 Å². The van der Waals surface area contributed by atoms with Crippen LogP contribution in [0.2, 0.25) is 0 Å². The maximum absolute atomic E-state index is 11.7. The monoisotopic (exact) mass is 218 g/mol. The number of rotatable bonds is 5. The first kappa shape index (κ1) is 12.4. The van der Waals surface area contributed by atoms with Crippen LogP contribution in [0.4, 0.5) is 30.9 Å². The molecule has 0 aliphatic heterocycles. The number of ether oxygens (including phenoxy) is 2. The fraction of sp³-hybridized carbons (Fsp3) is 1.00. The molecule has 0 radical (unpaired) electrons. The van der Waals surface area contributed by atoms with E-state index >= 15 is 0 Å². The van der Waals surface area contributed by atoms with Gasteiger partial charge in [-0.15, -0.1) is 17.6 Å². The van der Waals surface area contributed by atoms with E-state index in [1.165, 1.54) is 0 Å². The molecule has 10 heteroatoms. The third kappa shape index (κ3) is 5.60. The summed E-state index contributed by atoms with van der Waals surface area (Å²) < 4.78 is 83.5. The molecule has 80 valence electrons. The molecular weight excluding hydrogens is 217 g/mol.